The highest BCUT2D eigenvalue weighted by Crippen LogP contribution is 2.34. The quantitative estimate of drug-likeness (QED) is 0.340. The van der Waals surface area contributed by atoms with Gasteiger partial charge in [-0.15, -0.1) is 0 Å². The van der Waals surface area contributed by atoms with Gasteiger partial charge in [0.1, 0.15) is 5.76 Å². The van der Waals surface area contributed by atoms with Crippen molar-refractivity contribution in [3.63, 3.8) is 0 Å². The molecule has 0 amide bonds. The highest BCUT2D eigenvalue weighted by Gasteiger charge is 2.33. The van der Waals surface area contributed by atoms with Crippen LogP contribution in [-0.2, 0) is 19.5 Å². The Morgan fingerprint density at radius 2 is 1.94 bits per heavy atom. The lowest BCUT2D eigenvalue weighted by atomic mass is 9.94. The molecule has 1 aromatic heterocycles. The molecule has 9 heteroatoms. The number of hydrogen-bond acceptors (Lipinski definition) is 6. The van der Waals surface area contributed by atoms with Gasteiger partial charge in [0.2, 0.25) is 10.0 Å². The average molecular weight is 498 g/mol. The number of pyridine rings is 1. The van der Waals surface area contributed by atoms with Crippen LogP contribution in [0, 0.1) is 0 Å². The van der Waals surface area contributed by atoms with Gasteiger partial charge in [0.25, 0.3) is 5.56 Å². The van der Waals surface area contributed by atoms with Crippen LogP contribution in [0.5, 0.6) is 0 Å². The molecule has 3 rings (SSSR count). The zero-order valence-electron chi connectivity index (χ0n) is 20.6. The molecule has 1 N–H and O–H groups in total. The largest absolute Gasteiger partial charge is 0.501 e. The molecule has 0 atom stereocenters. The summed E-state index contributed by atoms with van der Waals surface area (Å²) >= 11 is 0. The number of aromatic nitrogens is 1. The predicted molar refractivity (Wildman–Crippen MR) is 141 cm³/mol. The fourth-order valence-electron chi connectivity index (χ4n) is 4.19. The first-order valence-corrected chi connectivity index (χ1v) is 12.6. The molecule has 8 nitrogen and oxygen atoms in total. The normalized spacial score (nSPS) is 16.4. The van der Waals surface area contributed by atoms with Gasteiger partial charge >= 0.3 is 0 Å². The van der Waals surface area contributed by atoms with Crippen LogP contribution in [0.1, 0.15) is 25.0 Å². The Hall–Kier alpha value is -3.27. The van der Waals surface area contributed by atoms with Gasteiger partial charge in [-0.1, -0.05) is 31.4 Å². The molecule has 0 radical (unpaired) electrons. The Morgan fingerprint density at radius 1 is 1.26 bits per heavy atom. The predicted octanol–water partition coefficient (Wildman–Crippen LogP) is 3.77. The van der Waals surface area contributed by atoms with Crippen molar-refractivity contribution in [2.45, 2.75) is 18.7 Å². The lowest BCUT2D eigenvalue weighted by Crippen LogP contribution is -2.42. The van der Waals surface area contributed by atoms with E-state index in [-0.39, 0.29) is 36.8 Å². The number of morpholine rings is 1. The molecule has 0 unspecified atom stereocenters. The number of H-pyrrole nitrogens is 1. The second-order valence-corrected chi connectivity index (χ2v) is 9.97. The maximum atomic E-state index is 13.8. The minimum atomic E-state index is -4.15. The topological polar surface area (TPSA) is 101 Å². The van der Waals surface area contributed by atoms with Gasteiger partial charge in [-0.2, -0.15) is 4.31 Å². The van der Waals surface area contributed by atoms with Gasteiger partial charge in [0, 0.05) is 54.0 Å². The number of hydrogen-bond donors (Lipinski definition) is 1. The standard InChI is InChI=1S/C26H31N3O5S/c1-7-8-20(16-27-5)24-21-15-19(23(17(2)3)18(4)33-6)9-10-22(21)28-26(30)25(24)35(31,32)29-11-13-34-14-12-29/h7-10,15-16H,1-2,11-14H2,3-6H3,(H,28,30)/b20-8+,23-18+,27-16?. The highest BCUT2D eigenvalue weighted by atomic mass is 32.2. The summed E-state index contributed by atoms with van der Waals surface area (Å²) in [4.78, 5) is 19.8. The first kappa shape index (κ1) is 26.3. The van der Waals surface area contributed by atoms with Crippen molar-refractivity contribution in [1.29, 1.82) is 0 Å². The van der Waals surface area contributed by atoms with Crippen LogP contribution >= 0.6 is 0 Å². The van der Waals surface area contributed by atoms with E-state index in [4.69, 9.17) is 9.47 Å². The number of ether oxygens (including phenoxy) is 2. The van der Waals surface area contributed by atoms with Crippen molar-refractivity contribution in [2.24, 2.45) is 4.99 Å². The van der Waals surface area contributed by atoms with Crippen LogP contribution in [0.2, 0.25) is 0 Å². The Kier molecular flexibility index (Phi) is 8.26. The second-order valence-electron chi connectivity index (χ2n) is 8.10. The summed E-state index contributed by atoms with van der Waals surface area (Å²) < 4.78 is 39.6. The summed E-state index contributed by atoms with van der Waals surface area (Å²) in [5, 5.41) is 0.546. The Bertz CT molecular complexity index is 1410. The van der Waals surface area contributed by atoms with Gasteiger partial charge in [-0.25, -0.2) is 8.42 Å². The van der Waals surface area contributed by atoms with Crippen LogP contribution in [-0.4, -0.2) is 64.4 Å². The molecular weight excluding hydrogens is 466 g/mol. The van der Waals surface area contributed by atoms with E-state index < -0.39 is 15.6 Å². The lowest BCUT2D eigenvalue weighted by Gasteiger charge is -2.27. The molecule has 1 fully saturated rings. The Morgan fingerprint density at radius 3 is 2.51 bits per heavy atom. The number of nitrogens with one attached hydrogen (secondary N) is 1. The van der Waals surface area contributed by atoms with Crippen molar-refractivity contribution in [3.05, 3.63) is 76.3 Å². The minimum absolute atomic E-state index is 0.164. The highest BCUT2D eigenvalue weighted by molar-refractivity contribution is 7.89. The second kappa shape index (κ2) is 11.0. The van der Waals surface area contributed by atoms with E-state index in [2.05, 4.69) is 23.1 Å². The SMILES string of the molecule is C=C/C=C(\C=NC)c1c(S(=O)(=O)N2CCOCC2)c(=O)[nH]c2ccc(/C(C(=C)C)=C(\C)OC)cc12. The Balaban J connectivity index is 2.49. The summed E-state index contributed by atoms with van der Waals surface area (Å²) in [7, 11) is -0.986. The van der Waals surface area contributed by atoms with E-state index in [1.54, 1.807) is 26.3 Å². The van der Waals surface area contributed by atoms with E-state index in [0.29, 0.717) is 22.2 Å². The van der Waals surface area contributed by atoms with Crippen LogP contribution in [0.25, 0.3) is 22.0 Å². The first-order valence-electron chi connectivity index (χ1n) is 11.1. The van der Waals surface area contributed by atoms with Crippen LogP contribution < -0.4 is 5.56 Å². The smallest absolute Gasteiger partial charge is 0.269 e. The maximum absolute atomic E-state index is 13.8. The summed E-state index contributed by atoms with van der Waals surface area (Å²) in [5.41, 5.74) is 2.86. The van der Waals surface area contributed by atoms with Crippen LogP contribution in [0.15, 0.2) is 69.5 Å². The first-order chi connectivity index (χ1) is 16.7. The molecule has 0 spiro atoms. The number of benzene rings is 1. The molecule has 1 aliphatic rings. The number of aromatic amines is 1. The van der Waals surface area contributed by atoms with Gasteiger partial charge in [0.15, 0.2) is 4.90 Å². The molecule has 1 aliphatic heterocycles. The number of sulfonamides is 1. The minimum Gasteiger partial charge on any atom is -0.501 e. The van der Waals surface area contributed by atoms with Crippen LogP contribution in [0.4, 0.5) is 0 Å². The third kappa shape index (κ3) is 5.22. The zero-order valence-corrected chi connectivity index (χ0v) is 21.4. The van der Waals surface area contributed by atoms with Gasteiger partial charge in [-0.05, 0) is 37.1 Å². The third-order valence-corrected chi connectivity index (χ3v) is 7.72. The average Bonchev–Trinajstić information content (AvgIpc) is 2.83. The molecule has 186 valence electrons. The van der Waals surface area contributed by atoms with E-state index in [0.717, 1.165) is 16.7 Å². The number of methoxy groups -OCH3 is 1. The number of nitrogens with zero attached hydrogens (tertiary/aromatic N) is 2. The van der Waals surface area contributed by atoms with E-state index in [9.17, 15) is 13.2 Å². The molecule has 2 heterocycles. The van der Waals surface area contributed by atoms with Crippen molar-refractivity contribution in [3.8, 4) is 0 Å². The number of fused-ring (bicyclic) bond motifs is 1. The summed E-state index contributed by atoms with van der Waals surface area (Å²) in [6.07, 6.45) is 4.70. The van der Waals surface area contributed by atoms with Gasteiger partial charge in [-0.3, -0.25) is 9.79 Å². The molecule has 2 aromatic rings. The number of allylic oxidation sites excluding steroid dienone is 6. The Labute approximate surface area is 206 Å². The molecule has 0 bridgehead atoms. The molecule has 0 aliphatic carbocycles. The summed E-state index contributed by atoms with van der Waals surface area (Å²) in [5.74, 6) is 0.668. The molecule has 35 heavy (non-hydrogen) atoms. The van der Waals surface area contributed by atoms with E-state index >= 15 is 0 Å². The fraction of sp³-hybridized carbons (Fsp3) is 0.308. The maximum Gasteiger partial charge on any atom is 0.269 e. The number of aliphatic imine (C=N–C) groups is 1. The molecule has 0 saturated carbocycles. The fourth-order valence-corrected chi connectivity index (χ4v) is 5.85. The monoisotopic (exact) mass is 497 g/mol. The van der Waals surface area contributed by atoms with Crippen molar-refractivity contribution >= 4 is 38.3 Å². The molecular formula is C26H31N3O5S. The van der Waals surface area contributed by atoms with E-state index in [1.165, 1.54) is 16.6 Å². The molecule has 1 saturated heterocycles. The van der Waals surface area contributed by atoms with Gasteiger partial charge in [0.05, 0.1) is 20.3 Å². The zero-order chi connectivity index (χ0) is 25.8. The lowest BCUT2D eigenvalue weighted by molar-refractivity contribution is 0.0730. The summed E-state index contributed by atoms with van der Waals surface area (Å²) in [6, 6.07) is 5.43. The summed E-state index contributed by atoms with van der Waals surface area (Å²) in [6.45, 7) is 12.4. The van der Waals surface area contributed by atoms with Crippen molar-refractivity contribution in [1.82, 2.24) is 9.29 Å². The van der Waals surface area contributed by atoms with Crippen LogP contribution in [0.3, 0.4) is 0 Å². The van der Waals surface area contributed by atoms with Crippen molar-refractivity contribution in [2.75, 3.05) is 40.5 Å². The number of rotatable bonds is 8. The molecule has 1 aromatic carbocycles. The van der Waals surface area contributed by atoms with E-state index in [1.807, 2.05) is 26.0 Å². The van der Waals surface area contributed by atoms with Crippen molar-refractivity contribution < 1.29 is 17.9 Å². The third-order valence-electron chi connectivity index (χ3n) is 5.77. The van der Waals surface area contributed by atoms with Gasteiger partial charge < -0.3 is 14.5 Å².